The molecular formula is C11H13BrF2O2S. The van der Waals surface area contributed by atoms with Gasteiger partial charge in [0.2, 0.25) is 0 Å². The summed E-state index contributed by atoms with van der Waals surface area (Å²) < 4.78 is 28.2. The first kappa shape index (κ1) is 14.6. The Hall–Kier alpha value is -0.490. The zero-order valence-corrected chi connectivity index (χ0v) is 11.7. The van der Waals surface area contributed by atoms with Crippen LogP contribution in [0.3, 0.4) is 0 Å². The van der Waals surface area contributed by atoms with Gasteiger partial charge in [0, 0.05) is 12.8 Å². The maximum absolute atomic E-state index is 13.7. The smallest absolute Gasteiger partial charge is 0.303 e. The molecule has 2 nitrogen and oxygen atoms in total. The quantitative estimate of drug-likeness (QED) is 0.778. The number of hydrogen-bond donors (Lipinski definition) is 1. The first-order valence-electron chi connectivity index (χ1n) is 5.19. The van der Waals surface area contributed by atoms with Crippen molar-refractivity contribution >= 4 is 33.2 Å². The van der Waals surface area contributed by atoms with E-state index in [1.165, 1.54) is 6.07 Å². The Bertz CT molecular complexity index is 385. The molecule has 0 unspecified atom stereocenters. The van der Waals surface area contributed by atoms with Gasteiger partial charge in [-0.2, -0.15) is 0 Å². The van der Waals surface area contributed by atoms with E-state index < -0.39 is 11.9 Å². The minimum atomic E-state index is -2.86. The molecule has 1 N–H and O–H groups in total. The highest BCUT2D eigenvalue weighted by molar-refractivity contribution is 9.11. The number of carbonyl (C=O) groups is 1. The molecule has 0 atom stereocenters. The van der Waals surface area contributed by atoms with Crippen LogP contribution < -0.4 is 0 Å². The molecule has 1 heterocycles. The zero-order chi connectivity index (χ0) is 13.1. The Morgan fingerprint density at radius 3 is 2.65 bits per heavy atom. The molecule has 0 aliphatic carbocycles. The molecule has 0 fully saturated rings. The maximum Gasteiger partial charge on any atom is 0.303 e. The minimum absolute atomic E-state index is 0.0391. The van der Waals surface area contributed by atoms with Gasteiger partial charge in [-0.15, -0.1) is 11.3 Å². The SMILES string of the molecule is Cc1cc(C(F)(F)CCCCC(=O)O)sc1Br. The van der Waals surface area contributed by atoms with Crippen LogP contribution in [0, 0.1) is 6.92 Å². The molecule has 17 heavy (non-hydrogen) atoms. The third-order valence-electron chi connectivity index (χ3n) is 2.35. The van der Waals surface area contributed by atoms with Gasteiger partial charge >= 0.3 is 5.97 Å². The van der Waals surface area contributed by atoms with Gasteiger partial charge in [-0.1, -0.05) is 0 Å². The van der Waals surface area contributed by atoms with Crippen molar-refractivity contribution in [2.24, 2.45) is 0 Å². The van der Waals surface area contributed by atoms with Gasteiger partial charge in [0.1, 0.15) is 0 Å². The number of aliphatic carboxylic acids is 1. The molecule has 0 aromatic carbocycles. The van der Waals surface area contributed by atoms with Gasteiger partial charge < -0.3 is 5.11 Å². The molecule has 0 amide bonds. The number of halogens is 3. The maximum atomic E-state index is 13.7. The van der Waals surface area contributed by atoms with E-state index in [9.17, 15) is 13.6 Å². The van der Waals surface area contributed by atoms with Gasteiger partial charge in [0.25, 0.3) is 5.92 Å². The first-order valence-corrected chi connectivity index (χ1v) is 6.80. The highest BCUT2D eigenvalue weighted by atomic mass is 79.9. The van der Waals surface area contributed by atoms with E-state index in [-0.39, 0.29) is 30.6 Å². The molecular weight excluding hydrogens is 314 g/mol. The number of unbranched alkanes of at least 4 members (excludes halogenated alkanes) is 1. The summed E-state index contributed by atoms with van der Waals surface area (Å²) in [5.74, 6) is -3.80. The molecule has 0 aliphatic rings. The normalized spacial score (nSPS) is 11.8. The van der Waals surface area contributed by atoms with Crippen LogP contribution in [0.15, 0.2) is 9.85 Å². The summed E-state index contributed by atoms with van der Waals surface area (Å²) in [4.78, 5) is 10.3. The average molecular weight is 327 g/mol. The van der Waals surface area contributed by atoms with Gasteiger partial charge in [-0.05, 0) is 47.3 Å². The lowest BCUT2D eigenvalue weighted by Crippen LogP contribution is -2.11. The van der Waals surface area contributed by atoms with Crippen molar-refractivity contribution < 1.29 is 18.7 Å². The van der Waals surface area contributed by atoms with Crippen molar-refractivity contribution in [3.05, 3.63) is 20.3 Å². The lowest BCUT2D eigenvalue weighted by molar-refractivity contribution is -0.137. The highest BCUT2D eigenvalue weighted by Crippen LogP contribution is 2.40. The van der Waals surface area contributed by atoms with Gasteiger partial charge in [0.05, 0.1) is 8.66 Å². The van der Waals surface area contributed by atoms with Crippen molar-refractivity contribution in [1.29, 1.82) is 0 Å². The van der Waals surface area contributed by atoms with Crippen LogP contribution in [0.1, 0.15) is 36.1 Å². The molecule has 0 saturated heterocycles. The van der Waals surface area contributed by atoms with E-state index in [0.717, 1.165) is 20.7 Å². The Labute approximate surface area is 111 Å². The molecule has 1 aromatic heterocycles. The van der Waals surface area contributed by atoms with Gasteiger partial charge in [-0.3, -0.25) is 4.79 Å². The second-order valence-corrected chi connectivity index (χ2v) is 6.24. The molecule has 96 valence electrons. The molecule has 1 rings (SSSR count). The Kier molecular flexibility index (Phi) is 5.06. The van der Waals surface area contributed by atoms with Crippen LogP contribution in [0.2, 0.25) is 0 Å². The van der Waals surface area contributed by atoms with E-state index in [2.05, 4.69) is 15.9 Å². The van der Waals surface area contributed by atoms with E-state index >= 15 is 0 Å². The van der Waals surface area contributed by atoms with E-state index in [0.29, 0.717) is 0 Å². The van der Waals surface area contributed by atoms with Gasteiger partial charge in [-0.25, -0.2) is 8.78 Å². The lowest BCUT2D eigenvalue weighted by Gasteiger charge is -2.13. The highest BCUT2D eigenvalue weighted by Gasteiger charge is 2.33. The van der Waals surface area contributed by atoms with Gasteiger partial charge in [0.15, 0.2) is 0 Å². The monoisotopic (exact) mass is 326 g/mol. The van der Waals surface area contributed by atoms with E-state index in [1.807, 2.05) is 0 Å². The Morgan fingerprint density at radius 2 is 2.18 bits per heavy atom. The summed E-state index contributed by atoms with van der Waals surface area (Å²) >= 11 is 4.25. The van der Waals surface area contributed by atoms with Crippen LogP contribution in [-0.2, 0) is 10.7 Å². The van der Waals surface area contributed by atoms with Crippen LogP contribution in [-0.4, -0.2) is 11.1 Å². The van der Waals surface area contributed by atoms with Crippen LogP contribution in [0.4, 0.5) is 8.78 Å². The molecule has 1 aromatic rings. The third kappa shape index (κ3) is 4.35. The van der Waals surface area contributed by atoms with Crippen molar-refractivity contribution in [2.75, 3.05) is 0 Å². The largest absolute Gasteiger partial charge is 0.481 e. The minimum Gasteiger partial charge on any atom is -0.481 e. The van der Waals surface area contributed by atoms with E-state index in [4.69, 9.17) is 5.11 Å². The summed E-state index contributed by atoms with van der Waals surface area (Å²) in [6, 6.07) is 1.48. The van der Waals surface area contributed by atoms with Crippen LogP contribution >= 0.6 is 27.3 Å². The average Bonchev–Trinajstić information content (AvgIpc) is 2.55. The number of alkyl halides is 2. The number of thiophene rings is 1. The lowest BCUT2D eigenvalue weighted by atomic mass is 10.1. The second kappa shape index (κ2) is 5.91. The topological polar surface area (TPSA) is 37.3 Å². The molecule has 0 spiro atoms. The Balaban J connectivity index is 2.53. The second-order valence-electron chi connectivity index (χ2n) is 3.87. The van der Waals surface area contributed by atoms with Crippen molar-refractivity contribution in [1.82, 2.24) is 0 Å². The molecule has 0 bridgehead atoms. The van der Waals surface area contributed by atoms with Crippen LogP contribution in [0.25, 0.3) is 0 Å². The predicted molar refractivity (Wildman–Crippen MR) is 66.8 cm³/mol. The number of carboxylic acid groups (broad SMARTS) is 1. The fraction of sp³-hybridized carbons (Fsp3) is 0.545. The summed E-state index contributed by atoms with van der Waals surface area (Å²) in [5, 5.41) is 8.41. The summed E-state index contributed by atoms with van der Waals surface area (Å²) in [6.45, 7) is 1.77. The predicted octanol–water partition coefficient (Wildman–Crippen LogP) is 4.56. The molecule has 0 aliphatic heterocycles. The number of rotatable bonds is 6. The summed E-state index contributed by atoms with van der Waals surface area (Å²) in [5.41, 5.74) is 0.801. The fourth-order valence-electron chi connectivity index (χ4n) is 1.39. The van der Waals surface area contributed by atoms with E-state index in [1.54, 1.807) is 6.92 Å². The zero-order valence-electron chi connectivity index (χ0n) is 9.30. The number of aryl methyl sites for hydroxylation is 1. The van der Waals surface area contributed by atoms with Crippen molar-refractivity contribution in [3.8, 4) is 0 Å². The Morgan fingerprint density at radius 1 is 1.53 bits per heavy atom. The third-order valence-corrected chi connectivity index (χ3v) is 4.60. The molecule has 0 saturated carbocycles. The fourth-order valence-corrected chi connectivity index (χ4v) is 2.92. The standard InChI is InChI=1S/C11H13BrF2O2S/c1-7-6-8(17-10(7)12)11(13,14)5-3-2-4-9(15)16/h6H,2-5H2,1H3,(H,15,16). The van der Waals surface area contributed by atoms with Crippen molar-refractivity contribution in [2.45, 2.75) is 38.5 Å². The summed E-state index contributed by atoms with van der Waals surface area (Å²) in [7, 11) is 0. The van der Waals surface area contributed by atoms with Crippen LogP contribution in [0.5, 0.6) is 0 Å². The summed E-state index contributed by atoms with van der Waals surface area (Å²) in [6.07, 6.45) is 0.153. The first-order chi connectivity index (χ1) is 7.83. The molecule has 6 heteroatoms. The molecule has 0 radical (unpaired) electrons. The number of carboxylic acids is 1. The van der Waals surface area contributed by atoms with Crippen molar-refractivity contribution in [3.63, 3.8) is 0 Å². The number of hydrogen-bond acceptors (Lipinski definition) is 2.